The number of carbonyl (C=O) groups excluding carboxylic acids is 1. The Hall–Kier alpha value is -1.32. The van der Waals surface area contributed by atoms with Crippen LogP contribution in [0.1, 0.15) is 68.7 Å². The predicted molar refractivity (Wildman–Crippen MR) is 74.1 cm³/mol. The zero-order valence-electron chi connectivity index (χ0n) is 12.3. The smallest absolute Gasteiger partial charge is 0.356 e. The van der Waals surface area contributed by atoms with Gasteiger partial charge in [0.25, 0.3) is 0 Å². The topological polar surface area (TPSA) is 55.0 Å². The summed E-state index contributed by atoms with van der Waals surface area (Å²) >= 11 is 0. The van der Waals surface area contributed by atoms with Crippen LogP contribution in [0.3, 0.4) is 0 Å². The molecule has 19 heavy (non-hydrogen) atoms. The van der Waals surface area contributed by atoms with Gasteiger partial charge in [0.1, 0.15) is 11.5 Å². The number of nitrogens with one attached hydrogen (secondary N) is 1. The van der Waals surface area contributed by atoms with Gasteiger partial charge in [-0.3, -0.25) is 0 Å². The Morgan fingerprint density at radius 1 is 1.32 bits per heavy atom. The van der Waals surface area contributed by atoms with Crippen molar-refractivity contribution in [1.82, 2.24) is 9.97 Å². The first-order valence-electron chi connectivity index (χ1n) is 7.05. The van der Waals surface area contributed by atoms with Gasteiger partial charge in [-0.05, 0) is 37.0 Å². The SMILES string of the molecule is COC(=O)c1cnc(C2CCC(C(C)(C)C)CC2)[nH]1. The van der Waals surface area contributed by atoms with E-state index in [0.29, 0.717) is 17.0 Å². The van der Waals surface area contributed by atoms with Crippen molar-refractivity contribution in [2.45, 2.75) is 52.4 Å². The number of H-pyrrole nitrogens is 1. The molecule has 0 radical (unpaired) electrons. The third kappa shape index (κ3) is 3.17. The predicted octanol–water partition coefficient (Wildman–Crippen LogP) is 3.52. The van der Waals surface area contributed by atoms with Crippen molar-refractivity contribution in [3.63, 3.8) is 0 Å². The molecule has 1 aliphatic carbocycles. The highest BCUT2D eigenvalue weighted by Crippen LogP contribution is 2.42. The maximum Gasteiger partial charge on any atom is 0.356 e. The first-order valence-corrected chi connectivity index (χ1v) is 7.05. The van der Waals surface area contributed by atoms with Crippen molar-refractivity contribution in [2.75, 3.05) is 7.11 Å². The third-order valence-electron chi connectivity index (χ3n) is 4.34. The molecule has 0 unspecified atom stereocenters. The average Bonchev–Trinajstić information content (AvgIpc) is 2.86. The summed E-state index contributed by atoms with van der Waals surface area (Å²) in [5.74, 6) is 1.84. The number of aromatic amines is 1. The lowest BCUT2D eigenvalue weighted by Crippen LogP contribution is -2.25. The fraction of sp³-hybridized carbons (Fsp3) is 0.733. The van der Waals surface area contributed by atoms with Crippen LogP contribution in [0.4, 0.5) is 0 Å². The Bertz CT molecular complexity index is 437. The molecule has 0 bridgehead atoms. The molecule has 4 heteroatoms. The van der Waals surface area contributed by atoms with E-state index in [4.69, 9.17) is 0 Å². The molecule has 1 heterocycles. The molecule has 0 spiro atoms. The molecular formula is C15H24N2O2. The van der Waals surface area contributed by atoms with Crippen LogP contribution in [-0.2, 0) is 4.74 Å². The second kappa shape index (κ2) is 5.35. The first kappa shape index (κ1) is 14.1. The van der Waals surface area contributed by atoms with Crippen molar-refractivity contribution in [3.05, 3.63) is 17.7 Å². The monoisotopic (exact) mass is 264 g/mol. The van der Waals surface area contributed by atoms with E-state index < -0.39 is 0 Å². The van der Waals surface area contributed by atoms with Crippen LogP contribution in [0, 0.1) is 11.3 Å². The molecule has 2 rings (SSSR count). The van der Waals surface area contributed by atoms with Gasteiger partial charge in [0.2, 0.25) is 0 Å². The number of ether oxygens (including phenoxy) is 1. The lowest BCUT2D eigenvalue weighted by atomic mass is 9.70. The van der Waals surface area contributed by atoms with E-state index in [1.807, 2.05) is 0 Å². The Morgan fingerprint density at radius 3 is 2.47 bits per heavy atom. The molecule has 1 fully saturated rings. The Labute approximate surface area is 115 Å². The van der Waals surface area contributed by atoms with E-state index >= 15 is 0 Å². The van der Waals surface area contributed by atoms with Crippen LogP contribution in [0.25, 0.3) is 0 Å². The Morgan fingerprint density at radius 2 is 1.95 bits per heavy atom. The highest BCUT2D eigenvalue weighted by atomic mass is 16.5. The van der Waals surface area contributed by atoms with Crippen LogP contribution in [-0.4, -0.2) is 23.0 Å². The Kier molecular flexibility index (Phi) is 3.97. The van der Waals surface area contributed by atoms with Crippen molar-refractivity contribution in [2.24, 2.45) is 11.3 Å². The van der Waals surface area contributed by atoms with E-state index in [1.165, 1.54) is 20.0 Å². The summed E-state index contributed by atoms with van der Waals surface area (Å²) in [6, 6.07) is 0. The Balaban J connectivity index is 1.98. The van der Waals surface area contributed by atoms with Gasteiger partial charge in [-0.1, -0.05) is 20.8 Å². The minimum Gasteiger partial charge on any atom is -0.464 e. The molecule has 0 amide bonds. The summed E-state index contributed by atoms with van der Waals surface area (Å²) in [4.78, 5) is 18.8. The van der Waals surface area contributed by atoms with Crippen molar-refractivity contribution >= 4 is 5.97 Å². The number of nitrogens with zero attached hydrogens (tertiary/aromatic N) is 1. The zero-order chi connectivity index (χ0) is 14.0. The first-order chi connectivity index (χ1) is 8.91. The van der Waals surface area contributed by atoms with Crippen LogP contribution in [0.15, 0.2) is 6.20 Å². The quantitative estimate of drug-likeness (QED) is 0.831. The van der Waals surface area contributed by atoms with Gasteiger partial charge in [-0.25, -0.2) is 9.78 Å². The summed E-state index contributed by atoms with van der Waals surface area (Å²) in [5, 5.41) is 0. The van der Waals surface area contributed by atoms with Gasteiger partial charge in [-0.15, -0.1) is 0 Å². The molecule has 1 N–H and O–H groups in total. The molecule has 0 atom stereocenters. The van der Waals surface area contributed by atoms with E-state index in [2.05, 4.69) is 35.5 Å². The lowest BCUT2D eigenvalue weighted by molar-refractivity contribution is 0.0594. The van der Waals surface area contributed by atoms with Crippen molar-refractivity contribution < 1.29 is 9.53 Å². The standard InChI is InChI=1S/C15H24N2O2/c1-15(2,3)11-7-5-10(6-8-11)13-16-9-12(17-13)14(18)19-4/h9-11H,5-8H2,1-4H3,(H,16,17). The zero-order valence-corrected chi connectivity index (χ0v) is 12.3. The van der Waals surface area contributed by atoms with Gasteiger partial charge < -0.3 is 9.72 Å². The maximum absolute atomic E-state index is 11.4. The molecular weight excluding hydrogens is 240 g/mol. The van der Waals surface area contributed by atoms with Gasteiger partial charge in [0.15, 0.2) is 0 Å². The second-order valence-electron chi connectivity index (χ2n) is 6.59. The average molecular weight is 264 g/mol. The normalized spacial score (nSPS) is 24.2. The van der Waals surface area contributed by atoms with E-state index in [-0.39, 0.29) is 5.97 Å². The molecule has 0 aliphatic heterocycles. The molecule has 106 valence electrons. The van der Waals surface area contributed by atoms with Crippen LogP contribution in [0.2, 0.25) is 0 Å². The summed E-state index contributed by atoms with van der Waals surface area (Å²) in [6.07, 6.45) is 6.36. The van der Waals surface area contributed by atoms with Gasteiger partial charge in [0, 0.05) is 5.92 Å². The van der Waals surface area contributed by atoms with Gasteiger partial charge >= 0.3 is 5.97 Å². The molecule has 1 saturated carbocycles. The molecule has 1 aromatic heterocycles. The fourth-order valence-corrected chi connectivity index (χ4v) is 2.99. The number of aromatic nitrogens is 2. The van der Waals surface area contributed by atoms with Crippen molar-refractivity contribution in [1.29, 1.82) is 0 Å². The molecule has 4 nitrogen and oxygen atoms in total. The van der Waals surface area contributed by atoms with Crippen LogP contribution < -0.4 is 0 Å². The second-order valence-corrected chi connectivity index (χ2v) is 6.59. The van der Waals surface area contributed by atoms with Crippen molar-refractivity contribution in [3.8, 4) is 0 Å². The molecule has 1 aliphatic rings. The molecule has 0 aromatic carbocycles. The summed E-state index contributed by atoms with van der Waals surface area (Å²) in [7, 11) is 1.39. The van der Waals surface area contributed by atoms with Gasteiger partial charge in [0.05, 0.1) is 13.3 Å². The fourth-order valence-electron chi connectivity index (χ4n) is 2.99. The number of esters is 1. The number of carbonyl (C=O) groups is 1. The van der Waals surface area contributed by atoms with E-state index in [0.717, 1.165) is 24.6 Å². The maximum atomic E-state index is 11.4. The lowest BCUT2D eigenvalue weighted by Gasteiger charge is -2.36. The number of imidazole rings is 1. The molecule has 0 saturated heterocycles. The number of rotatable bonds is 2. The number of hydrogen-bond donors (Lipinski definition) is 1. The summed E-state index contributed by atoms with van der Waals surface area (Å²) < 4.78 is 4.69. The van der Waals surface area contributed by atoms with E-state index in [1.54, 1.807) is 6.20 Å². The third-order valence-corrected chi connectivity index (χ3v) is 4.34. The van der Waals surface area contributed by atoms with Crippen LogP contribution >= 0.6 is 0 Å². The highest BCUT2D eigenvalue weighted by molar-refractivity contribution is 5.86. The molecule has 1 aromatic rings. The minimum absolute atomic E-state index is 0.345. The van der Waals surface area contributed by atoms with Crippen LogP contribution in [0.5, 0.6) is 0 Å². The van der Waals surface area contributed by atoms with E-state index in [9.17, 15) is 4.79 Å². The minimum atomic E-state index is -0.345. The number of methoxy groups -OCH3 is 1. The largest absolute Gasteiger partial charge is 0.464 e. The highest BCUT2D eigenvalue weighted by Gasteiger charge is 2.31. The summed E-state index contributed by atoms with van der Waals surface area (Å²) in [5.41, 5.74) is 0.848. The van der Waals surface area contributed by atoms with Gasteiger partial charge in [-0.2, -0.15) is 0 Å². The summed E-state index contributed by atoms with van der Waals surface area (Å²) in [6.45, 7) is 6.96. The number of hydrogen-bond acceptors (Lipinski definition) is 3.